The van der Waals surface area contributed by atoms with Gasteiger partial charge in [0, 0.05) is 5.02 Å². The molecule has 0 N–H and O–H groups in total. The number of rotatable bonds is 0. The van der Waals surface area contributed by atoms with Crippen molar-refractivity contribution < 1.29 is 4.79 Å². The number of benzene rings is 2. The van der Waals surface area contributed by atoms with E-state index in [-0.39, 0.29) is 17.2 Å². The van der Waals surface area contributed by atoms with Gasteiger partial charge >= 0.3 is 0 Å². The number of ketones is 1. The van der Waals surface area contributed by atoms with Crippen LogP contribution in [-0.4, -0.2) is 15.3 Å². The Morgan fingerprint density at radius 1 is 1.10 bits per heavy atom. The lowest BCUT2D eigenvalue weighted by molar-refractivity contribution is 0.103. The Bertz CT molecular complexity index is 1010. The summed E-state index contributed by atoms with van der Waals surface area (Å²) in [7, 11) is 0. The van der Waals surface area contributed by atoms with Gasteiger partial charge in [-0.25, -0.2) is 4.98 Å². The van der Waals surface area contributed by atoms with Gasteiger partial charge in [0.25, 0.3) is 5.56 Å². The van der Waals surface area contributed by atoms with Crippen LogP contribution in [0, 0.1) is 6.92 Å². The van der Waals surface area contributed by atoms with Crippen molar-refractivity contribution in [2.75, 3.05) is 0 Å². The van der Waals surface area contributed by atoms with Crippen molar-refractivity contribution in [3.05, 3.63) is 68.7 Å². The lowest BCUT2D eigenvalue weighted by atomic mass is 10.1. The summed E-state index contributed by atoms with van der Waals surface area (Å²) in [5.74, 6) is -0.0805. The summed E-state index contributed by atoms with van der Waals surface area (Å²) in [5.41, 5.74) is 2.27. The molecule has 0 saturated heterocycles. The summed E-state index contributed by atoms with van der Waals surface area (Å²) in [6.45, 7) is 1.91. The van der Waals surface area contributed by atoms with Crippen LogP contribution in [0.2, 0.25) is 5.02 Å². The van der Waals surface area contributed by atoms with Gasteiger partial charge in [0.1, 0.15) is 0 Å². The van der Waals surface area contributed by atoms with Gasteiger partial charge in [0.15, 0.2) is 5.82 Å². The fraction of sp³-hybridized carbons (Fsp3) is 0.0625. The van der Waals surface area contributed by atoms with Gasteiger partial charge in [0.05, 0.1) is 22.2 Å². The van der Waals surface area contributed by atoms with Crippen LogP contribution in [0.1, 0.15) is 21.7 Å². The quantitative estimate of drug-likeness (QED) is 0.501. The number of carbonyl (C=O) groups is 1. The molecule has 4 rings (SSSR count). The Labute approximate surface area is 124 Å². The van der Waals surface area contributed by atoms with Crippen molar-refractivity contribution in [2.45, 2.75) is 6.92 Å². The van der Waals surface area contributed by atoms with E-state index in [1.807, 2.05) is 13.0 Å². The summed E-state index contributed by atoms with van der Waals surface area (Å²) < 4.78 is 1.38. The van der Waals surface area contributed by atoms with Crippen LogP contribution in [0.4, 0.5) is 0 Å². The van der Waals surface area contributed by atoms with Gasteiger partial charge in [-0.05, 0) is 37.3 Å². The Morgan fingerprint density at radius 2 is 1.90 bits per heavy atom. The number of carbonyl (C=O) groups excluding carboxylic acids is 1. The summed E-state index contributed by atoms with van der Waals surface area (Å²) in [4.78, 5) is 29.5. The monoisotopic (exact) mass is 296 g/mol. The van der Waals surface area contributed by atoms with Gasteiger partial charge in [-0.1, -0.05) is 23.2 Å². The van der Waals surface area contributed by atoms with E-state index in [2.05, 4.69) is 4.98 Å². The molecule has 0 unspecified atom stereocenters. The van der Waals surface area contributed by atoms with E-state index in [0.29, 0.717) is 27.2 Å². The largest absolute Gasteiger partial charge is 0.285 e. The van der Waals surface area contributed by atoms with Crippen LogP contribution in [0.15, 0.2) is 41.2 Å². The summed E-state index contributed by atoms with van der Waals surface area (Å²) >= 11 is 5.93. The average Bonchev–Trinajstić information content (AvgIpc) is 2.72. The molecule has 4 nitrogen and oxygen atoms in total. The number of aryl methyl sites for hydroxylation is 1. The third-order valence-electron chi connectivity index (χ3n) is 3.67. The SMILES string of the molecule is Cc1ccc2c(c1)C(=O)c1nc3cc(Cl)ccc3c(=O)n1-2. The summed E-state index contributed by atoms with van der Waals surface area (Å²) in [5, 5.41) is 0.933. The molecule has 1 aromatic heterocycles. The maximum absolute atomic E-state index is 12.7. The number of halogens is 1. The van der Waals surface area contributed by atoms with E-state index in [4.69, 9.17) is 11.6 Å². The van der Waals surface area contributed by atoms with Crippen LogP contribution in [0.25, 0.3) is 16.6 Å². The first kappa shape index (κ1) is 12.3. The zero-order chi connectivity index (χ0) is 14.7. The molecule has 102 valence electrons. The van der Waals surface area contributed by atoms with Gasteiger partial charge in [0.2, 0.25) is 5.78 Å². The van der Waals surface area contributed by atoms with Crippen molar-refractivity contribution in [2.24, 2.45) is 0 Å². The molecule has 1 aliphatic heterocycles. The molecule has 21 heavy (non-hydrogen) atoms. The maximum atomic E-state index is 12.7. The molecule has 5 heteroatoms. The minimum atomic E-state index is -0.248. The zero-order valence-corrected chi connectivity index (χ0v) is 11.8. The highest BCUT2D eigenvalue weighted by Crippen LogP contribution is 2.27. The molecule has 0 aliphatic carbocycles. The van der Waals surface area contributed by atoms with Gasteiger partial charge in [-0.15, -0.1) is 0 Å². The molecule has 3 aromatic rings. The number of hydrogen-bond acceptors (Lipinski definition) is 3. The van der Waals surface area contributed by atoms with E-state index in [0.717, 1.165) is 5.56 Å². The Kier molecular flexibility index (Phi) is 2.35. The molecule has 0 saturated carbocycles. The second kappa shape index (κ2) is 4.02. The van der Waals surface area contributed by atoms with E-state index >= 15 is 0 Å². The Morgan fingerprint density at radius 3 is 2.71 bits per heavy atom. The van der Waals surface area contributed by atoms with Crippen molar-refractivity contribution in [1.29, 1.82) is 0 Å². The van der Waals surface area contributed by atoms with Gasteiger partial charge < -0.3 is 0 Å². The molecule has 1 aliphatic rings. The third kappa shape index (κ3) is 1.59. The molecular weight excluding hydrogens is 288 g/mol. The molecule has 0 spiro atoms. The summed E-state index contributed by atoms with van der Waals surface area (Å²) in [6, 6.07) is 10.3. The van der Waals surface area contributed by atoms with Crippen molar-refractivity contribution in [1.82, 2.24) is 9.55 Å². The van der Waals surface area contributed by atoms with Gasteiger partial charge in [-0.3, -0.25) is 14.2 Å². The molecule has 2 aromatic carbocycles. The molecular formula is C16H9ClN2O2. The number of hydrogen-bond donors (Lipinski definition) is 0. The Balaban J connectivity index is 2.17. The van der Waals surface area contributed by atoms with Crippen LogP contribution in [-0.2, 0) is 0 Å². The minimum Gasteiger partial charge on any atom is -0.285 e. The number of fused-ring (bicyclic) bond motifs is 4. The maximum Gasteiger partial charge on any atom is 0.266 e. The van der Waals surface area contributed by atoms with E-state index in [1.165, 1.54) is 4.57 Å². The normalized spacial score (nSPS) is 12.6. The second-order valence-electron chi connectivity index (χ2n) is 5.09. The zero-order valence-electron chi connectivity index (χ0n) is 11.1. The first-order chi connectivity index (χ1) is 10.1. The standard InChI is InChI=1S/C16H9ClN2O2/c1-8-2-5-13-11(6-8)14(20)15-18-12-7-9(17)3-4-10(12)16(21)19(13)15/h2-7H,1H3. The Hall–Kier alpha value is -2.46. The van der Waals surface area contributed by atoms with Crippen molar-refractivity contribution >= 4 is 28.3 Å². The van der Waals surface area contributed by atoms with E-state index in [9.17, 15) is 9.59 Å². The van der Waals surface area contributed by atoms with Crippen LogP contribution < -0.4 is 5.56 Å². The van der Waals surface area contributed by atoms with Crippen molar-refractivity contribution in [3.8, 4) is 5.69 Å². The first-order valence-corrected chi connectivity index (χ1v) is 6.82. The van der Waals surface area contributed by atoms with E-state index in [1.54, 1.807) is 30.3 Å². The second-order valence-corrected chi connectivity index (χ2v) is 5.52. The lowest BCUT2D eigenvalue weighted by Crippen LogP contribution is -2.21. The minimum absolute atomic E-state index is 0.148. The molecule has 0 bridgehead atoms. The number of aromatic nitrogens is 2. The van der Waals surface area contributed by atoms with Crippen LogP contribution >= 0.6 is 11.6 Å². The molecule has 0 radical (unpaired) electrons. The smallest absolute Gasteiger partial charge is 0.266 e. The van der Waals surface area contributed by atoms with E-state index < -0.39 is 0 Å². The third-order valence-corrected chi connectivity index (χ3v) is 3.91. The molecule has 0 amide bonds. The highest BCUT2D eigenvalue weighted by Gasteiger charge is 2.30. The lowest BCUT2D eigenvalue weighted by Gasteiger charge is -2.05. The topological polar surface area (TPSA) is 52.0 Å². The first-order valence-electron chi connectivity index (χ1n) is 6.44. The van der Waals surface area contributed by atoms with Gasteiger partial charge in [-0.2, -0.15) is 0 Å². The van der Waals surface area contributed by atoms with Crippen LogP contribution in [0.3, 0.4) is 0 Å². The molecule has 0 atom stereocenters. The predicted molar refractivity (Wildman–Crippen MR) is 80.5 cm³/mol. The van der Waals surface area contributed by atoms with Crippen LogP contribution in [0.5, 0.6) is 0 Å². The highest BCUT2D eigenvalue weighted by atomic mass is 35.5. The number of nitrogens with zero attached hydrogens (tertiary/aromatic N) is 2. The average molecular weight is 297 g/mol. The predicted octanol–water partition coefficient (Wildman–Crippen LogP) is 2.89. The molecule has 0 fully saturated rings. The molecule has 2 heterocycles. The van der Waals surface area contributed by atoms with Crippen molar-refractivity contribution in [3.63, 3.8) is 0 Å². The highest BCUT2D eigenvalue weighted by molar-refractivity contribution is 6.31. The summed E-state index contributed by atoms with van der Waals surface area (Å²) in [6.07, 6.45) is 0. The fourth-order valence-corrected chi connectivity index (χ4v) is 2.85. The fourth-order valence-electron chi connectivity index (χ4n) is 2.68.